The SMILES string of the molecule is CCCCN(C(=O)O)S(C)(C)C. The van der Waals surface area contributed by atoms with Gasteiger partial charge in [0.1, 0.15) is 0 Å². The Hall–Kier alpha value is -0.380. The number of hydrogen-bond donors (Lipinski definition) is 1. The predicted molar refractivity (Wildman–Crippen MR) is 55.0 cm³/mol. The highest BCUT2D eigenvalue weighted by Gasteiger charge is 2.20. The zero-order chi connectivity index (χ0) is 9.78. The number of unbranched alkanes of at least 4 members (excludes halogenated alkanes) is 1. The molecule has 0 aromatic rings. The second-order valence-corrected chi connectivity index (χ2v) is 7.50. The molecule has 0 aliphatic heterocycles. The van der Waals surface area contributed by atoms with Crippen LogP contribution in [0.15, 0.2) is 0 Å². The van der Waals surface area contributed by atoms with Crippen LogP contribution in [-0.4, -0.2) is 40.8 Å². The van der Waals surface area contributed by atoms with E-state index in [1.54, 1.807) is 4.31 Å². The van der Waals surface area contributed by atoms with E-state index in [0.29, 0.717) is 6.54 Å². The number of carbonyl (C=O) groups is 1. The summed E-state index contributed by atoms with van der Waals surface area (Å²) in [5, 5.41) is 8.88. The summed E-state index contributed by atoms with van der Waals surface area (Å²) in [5.41, 5.74) is 0. The standard InChI is InChI=1S/C8H19NO2S/c1-5-6-7-9(8(10)11)12(2,3)4/h5-7H2,1-4H3,(H,10,11). The molecule has 0 aliphatic carbocycles. The lowest BCUT2D eigenvalue weighted by atomic mass is 10.3. The van der Waals surface area contributed by atoms with Crippen molar-refractivity contribution in [3.63, 3.8) is 0 Å². The minimum Gasteiger partial charge on any atom is -0.464 e. The van der Waals surface area contributed by atoms with E-state index in [1.807, 2.05) is 18.8 Å². The quantitative estimate of drug-likeness (QED) is 0.744. The molecule has 0 bridgehead atoms. The van der Waals surface area contributed by atoms with Crippen molar-refractivity contribution in [2.45, 2.75) is 19.8 Å². The van der Waals surface area contributed by atoms with Gasteiger partial charge in [0.05, 0.1) is 0 Å². The Morgan fingerprint density at radius 3 is 2.17 bits per heavy atom. The second-order valence-electron chi connectivity index (χ2n) is 3.51. The Bertz CT molecular complexity index is 154. The van der Waals surface area contributed by atoms with Crippen LogP contribution in [0, 0.1) is 0 Å². The topological polar surface area (TPSA) is 40.5 Å². The van der Waals surface area contributed by atoms with Crippen molar-refractivity contribution < 1.29 is 9.90 Å². The maximum atomic E-state index is 10.8. The molecule has 4 heteroatoms. The Labute approximate surface area is 76.2 Å². The molecule has 0 atom stereocenters. The summed E-state index contributed by atoms with van der Waals surface area (Å²) in [5.74, 6) is 0. The van der Waals surface area contributed by atoms with Gasteiger partial charge < -0.3 is 5.11 Å². The fourth-order valence-electron chi connectivity index (χ4n) is 0.906. The summed E-state index contributed by atoms with van der Waals surface area (Å²) < 4.78 is 1.57. The Kier molecular flexibility index (Phi) is 4.45. The highest BCUT2D eigenvalue weighted by molar-refractivity contribution is 8.30. The van der Waals surface area contributed by atoms with Gasteiger partial charge in [-0.15, -0.1) is 0 Å². The molecule has 0 fully saturated rings. The lowest BCUT2D eigenvalue weighted by Gasteiger charge is -2.37. The molecular weight excluding hydrogens is 174 g/mol. The molecule has 0 radical (unpaired) electrons. The highest BCUT2D eigenvalue weighted by atomic mass is 32.3. The van der Waals surface area contributed by atoms with Gasteiger partial charge in [0.15, 0.2) is 0 Å². The molecule has 0 unspecified atom stereocenters. The van der Waals surface area contributed by atoms with Crippen molar-refractivity contribution in [1.82, 2.24) is 4.31 Å². The lowest BCUT2D eigenvalue weighted by Crippen LogP contribution is -2.32. The van der Waals surface area contributed by atoms with Crippen LogP contribution in [0.1, 0.15) is 19.8 Å². The first kappa shape index (κ1) is 11.6. The summed E-state index contributed by atoms with van der Waals surface area (Å²) in [6.07, 6.45) is 7.20. The first-order chi connectivity index (χ1) is 5.39. The monoisotopic (exact) mass is 193 g/mol. The number of nitrogens with zero attached hydrogens (tertiary/aromatic N) is 1. The number of hydrogen-bond acceptors (Lipinski definition) is 1. The van der Waals surface area contributed by atoms with E-state index in [1.165, 1.54) is 0 Å². The van der Waals surface area contributed by atoms with E-state index in [2.05, 4.69) is 6.92 Å². The van der Waals surface area contributed by atoms with Crippen LogP contribution in [-0.2, 0) is 0 Å². The third-order valence-electron chi connectivity index (χ3n) is 1.59. The van der Waals surface area contributed by atoms with Gasteiger partial charge in [0, 0.05) is 6.54 Å². The summed E-state index contributed by atoms with van der Waals surface area (Å²) in [6.45, 7) is 2.74. The normalized spacial score (nSPS) is 12.7. The third-order valence-corrected chi connectivity index (χ3v) is 3.25. The molecule has 3 nitrogen and oxygen atoms in total. The van der Waals surface area contributed by atoms with Gasteiger partial charge in [0.25, 0.3) is 0 Å². The van der Waals surface area contributed by atoms with Crippen molar-refractivity contribution >= 4 is 16.3 Å². The van der Waals surface area contributed by atoms with E-state index in [9.17, 15) is 4.79 Å². The highest BCUT2D eigenvalue weighted by Crippen LogP contribution is 2.39. The molecule has 0 aliphatic rings. The Morgan fingerprint density at radius 2 is 1.92 bits per heavy atom. The average Bonchev–Trinajstić information content (AvgIpc) is 1.84. The van der Waals surface area contributed by atoms with Crippen molar-refractivity contribution in [3.8, 4) is 0 Å². The zero-order valence-corrected chi connectivity index (χ0v) is 9.15. The van der Waals surface area contributed by atoms with Crippen LogP contribution < -0.4 is 0 Å². The molecular formula is C8H19NO2S. The summed E-state index contributed by atoms with van der Waals surface area (Å²) in [7, 11) is -1.10. The first-order valence-electron chi connectivity index (χ1n) is 4.08. The summed E-state index contributed by atoms with van der Waals surface area (Å²) in [4.78, 5) is 10.8. The van der Waals surface area contributed by atoms with Crippen LogP contribution in [0.5, 0.6) is 0 Å². The minimum atomic E-state index is -1.10. The fourth-order valence-corrected chi connectivity index (χ4v) is 2.05. The number of carboxylic acid groups (broad SMARTS) is 1. The van der Waals surface area contributed by atoms with E-state index in [4.69, 9.17) is 5.11 Å². The molecule has 1 N–H and O–H groups in total. The number of amides is 1. The van der Waals surface area contributed by atoms with Crippen LogP contribution in [0.2, 0.25) is 0 Å². The molecule has 74 valence electrons. The minimum absolute atomic E-state index is 0.671. The molecule has 0 saturated carbocycles. The van der Waals surface area contributed by atoms with Gasteiger partial charge in [-0.3, -0.25) is 4.31 Å². The molecule has 0 spiro atoms. The molecule has 0 heterocycles. The van der Waals surface area contributed by atoms with Crippen LogP contribution in [0.3, 0.4) is 0 Å². The van der Waals surface area contributed by atoms with Gasteiger partial charge in [-0.05, 0) is 25.2 Å². The molecule has 0 saturated heterocycles. The van der Waals surface area contributed by atoms with Crippen molar-refractivity contribution in [2.24, 2.45) is 0 Å². The summed E-state index contributed by atoms with van der Waals surface area (Å²) in [6, 6.07) is 0. The van der Waals surface area contributed by atoms with Crippen LogP contribution >= 0.6 is 10.2 Å². The average molecular weight is 193 g/mol. The maximum Gasteiger partial charge on any atom is 0.416 e. The molecule has 0 aromatic carbocycles. The van der Waals surface area contributed by atoms with E-state index < -0.39 is 16.3 Å². The van der Waals surface area contributed by atoms with Gasteiger partial charge in [-0.2, -0.15) is 10.2 Å². The smallest absolute Gasteiger partial charge is 0.416 e. The summed E-state index contributed by atoms with van der Waals surface area (Å²) >= 11 is 0. The van der Waals surface area contributed by atoms with E-state index >= 15 is 0 Å². The molecule has 0 aromatic heterocycles. The van der Waals surface area contributed by atoms with Crippen LogP contribution in [0.25, 0.3) is 0 Å². The van der Waals surface area contributed by atoms with Crippen molar-refractivity contribution in [1.29, 1.82) is 0 Å². The van der Waals surface area contributed by atoms with E-state index in [0.717, 1.165) is 12.8 Å². The van der Waals surface area contributed by atoms with Crippen molar-refractivity contribution in [2.75, 3.05) is 25.3 Å². The first-order valence-corrected chi connectivity index (χ1v) is 6.90. The third kappa shape index (κ3) is 3.85. The van der Waals surface area contributed by atoms with Gasteiger partial charge in [-0.1, -0.05) is 13.3 Å². The van der Waals surface area contributed by atoms with Crippen LogP contribution in [0.4, 0.5) is 4.79 Å². The predicted octanol–water partition coefficient (Wildman–Crippen LogP) is 2.38. The van der Waals surface area contributed by atoms with Gasteiger partial charge >= 0.3 is 6.09 Å². The molecule has 1 amide bonds. The Morgan fingerprint density at radius 1 is 1.42 bits per heavy atom. The molecule has 12 heavy (non-hydrogen) atoms. The maximum absolute atomic E-state index is 10.8. The molecule has 0 rings (SSSR count). The second kappa shape index (κ2) is 4.60. The lowest BCUT2D eigenvalue weighted by molar-refractivity contribution is 0.174. The fraction of sp³-hybridized carbons (Fsp3) is 0.875. The Balaban J connectivity index is 4.15. The largest absolute Gasteiger partial charge is 0.464 e. The zero-order valence-electron chi connectivity index (χ0n) is 8.33. The van der Waals surface area contributed by atoms with Crippen molar-refractivity contribution in [3.05, 3.63) is 0 Å². The van der Waals surface area contributed by atoms with Gasteiger partial charge in [0.2, 0.25) is 0 Å². The van der Waals surface area contributed by atoms with E-state index in [-0.39, 0.29) is 0 Å². The number of rotatable bonds is 4. The van der Waals surface area contributed by atoms with Gasteiger partial charge in [-0.25, -0.2) is 4.79 Å².